The topological polar surface area (TPSA) is 81.1 Å². The van der Waals surface area contributed by atoms with Gasteiger partial charge in [-0.1, -0.05) is 42.8 Å². The minimum absolute atomic E-state index is 0.452. The Kier molecular flexibility index (Phi) is 6.33. The fourth-order valence-corrected chi connectivity index (χ4v) is 3.87. The van der Waals surface area contributed by atoms with Crippen molar-refractivity contribution in [3.63, 3.8) is 0 Å². The number of hydrogen-bond acceptors (Lipinski definition) is 4. The molecule has 6 nitrogen and oxygen atoms in total. The number of rotatable bonds is 7. The van der Waals surface area contributed by atoms with Crippen molar-refractivity contribution in [2.24, 2.45) is 10.7 Å². The molecule has 2 aromatic rings. The van der Waals surface area contributed by atoms with Crippen LogP contribution in [0.25, 0.3) is 0 Å². The van der Waals surface area contributed by atoms with Gasteiger partial charge in [-0.2, -0.15) is 0 Å². The Balaban J connectivity index is 1.53. The van der Waals surface area contributed by atoms with Crippen LogP contribution in [-0.4, -0.2) is 33.5 Å². The van der Waals surface area contributed by atoms with Crippen molar-refractivity contribution >= 4 is 23.4 Å². The molecule has 0 radical (unpaired) electrons. The second kappa shape index (κ2) is 8.89. The molecule has 134 valence electrons. The van der Waals surface area contributed by atoms with E-state index in [0.29, 0.717) is 18.5 Å². The van der Waals surface area contributed by atoms with Crippen LogP contribution in [0.5, 0.6) is 0 Å². The Labute approximate surface area is 153 Å². The normalized spacial score (nSPS) is 15.6. The van der Waals surface area contributed by atoms with Crippen molar-refractivity contribution in [2.75, 3.05) is 18.1 Å². The first-order valence-corrected chi connectivity index (χ1v) is 10.1. The average molecular weight is 359 g/mol. The van der Waals surface area contributed by atoms with Crippen molar-refractivity contribution in [1.29, 1.82) is 0 Å². The Morgan fingerprint density at radius 3 is 2.76 bits per heavy atom. The molecular weight excluding hydrogens is 332 g/mol. The van der Waals surface area contributed by atoms with Gasteiger partial charge in [0.05, 0.1) is 0 Å². The molecule has 0 spiro atoms. The van der Waals surface area contributed by atoms with Crippen LogP contribution in [0.3, 0.4) is 0 Å². The molecule has 1 fully saturated rings. The van der Waals surface area contributed by atoms with Gasteiger partial charge in [0.1, 0.15) is 5.82 Å². The standard InChI is InChI=1S/C18H26N6S/c1-25-18-23-22-16(24(18)15-10-5-6-11-15)12-7-13-20-17(19)21-14-8-3-2-4-9-14/h2-4,8-9,15H,5-7,10-13H2,1H3,(H3,19,20,21). The Bertz CT molecular complexity index is 691. The molecule has 7 heteroatoms. The first-order chi connectivity index (χ1) is 12.3. The number of nitrogens with one attached hydrogen (secondary N) is 1. The summed E-state index contributed by atoms with van der Waals surface area (Å²) in [6.07, 6.45) is 8.96. The van der Waals surface area contributed by atoms with Crippen LogP contribution in [0.2, 0.25) is 0 Å². The number of hydrogen-bond donors (Lipinski definition) is 2. The van der Waals surface area contributed by atoms with E-state index in [9.17, 15) is 0 Å². The minimum Gasteiger partial charge on any atom is -0.370 e. The van der Waals surface area contributed by atoms with Gasteiger partial charge >= 0.3 is 0 Å². The number of nitrogens with zero attached hydrogens (tertiary/aromatic N) is 4. The van der Waals surface area contributed by atoms with Crippen LogP contribution < -0.4 is 11.1 Å². The van der Waals surface area contributed by atoms with Crippen molar-refractivity contribution < 1.29 is 0 Å². The number of para-hydroxylation sites is 1. The smallest absolute Gasteiger partial charge is 0.193 e. The minimum atomic E-state index is 0.452. The lowest BCUT2D eigenvalue weighted by molar-refractivity contribution is 0.461. The monoisotopic (exact) mass is 358 g/mol. The summed E-state index contributed by atoms with van der Waals surface area (Å²) in [4.78, 5) is 4.41. The molecule has 3 N–H and O–H groups in total. The Morgan fingerprint density at radius 1 is 1.28 bits per heavy atom. The lowest BCUT2D eigenvalue weighted by Gasteiger charge is -2.16. The van der Waals surface area contributed by atoms with Crippen LogP contribution in [0, 0.1) is 0 Å². The number of nitrogens with two attached hydrogens (primary N) is 1. The lowest BCUT2D eigenvalue weighted by Crippen LogP contribution is -2.22. The second-order valence-corrected chi connectivity index (χ2v) is 7.05. The number of thioether (sulfide) groups is 1. The summed E-state index contributed by atoms with van der Waals surface area (Å²) in [5, 5.41) is 12.9. The van der Waals surface area contributed by atoms with Crippen molar-refractivity contribution in [1.82, 2.24) is 14.8 Å². The highest BCUT2D eigenvalue weighted by molar-refractivity contribution is 7.98. The summed E-state index contributed by atoms with van der Waals surface area (Å²) in [6, 6.07) is 10.4. The molecule has 1 aliphatic carbocycles. The van der Waals surface area contributed by atoms with E-state index in [-0.39, 0.29) is 0 Å². The highest BCUT2D eigenvalue weighted by Gasteiger charge is 2.23. The zero-order chi connectivity index (χ0) is 17.5. The van der Waals surface area contributed by atoms with E-state index in [1.807, 2.05) is 30.3 Å². The maximum absolute atomic E-state index is 5.94. The first-order valence-electron chi connectivity index (χ1n) is 8.87. The predicted octanol–water partition coefficient (Wildman–Crippen LogP) is 3.47. The summed E-state index contributed by atoms with van der Waals surface area (Å²) in [7, 11) is 0. The van der Waals surface area contributed by atoms with Crippen LogP contribution in [0.15, 0.2) is 40.5 Å². The highest BCUT2D eigenvalue weighted by atomic mass is 32.2. The van der Waals surface area contributed by atoms with Gasteiger partial charge in [0, 0.05) is 24.7 Å². The number of aliphatic imine (C=N–C) groups is 1. The average Bonchev–Trinajstić information content (AvgIpc) is 3.28. The maximum Gasteiger partial charge on any atom is 0.193 e. The number of benzene rings is 1. The van der Waals surface area contributed by atoms with Gasteiger partial charge in [0.25, 0.3) is 0 Å². The van der Waals surface area contributed by atoms with E-state index < -0.39 is 0 Å². The molecule has 1 aromatic heterocycles. The molecule has 0 unspecified atom stereocenters. The molecule has 1 aromatic carbocycles. The van der Waals surface area contributed by atoms with Gasteiger partial charge in [-0.3, -0.25) is 4.99 Å². The number of aryl methyl sites for hydroxylation is 1. The van der Waals surface area contributed by atoms with Crippen molar-refractivity contribution in [3.05, 3.63) is 36.2 Å². The number of anilines is 1. The van der Waals surface area contributed by atoms with Gasteiger partial charge in [0.2, 0.25) is 0 Å². The molecule has 0 amide bonds. The van der Waals surface area contributed by atoms with Crippen LogP contribution in [0.4, 0.5) is 5.69 Å². The molecule has 1 aliphatic rings. The zero-order valence-electron chi connectivity index (χ0n) is 14.7. The quantitative estimate of drug-likeness (QED) is 0.343. The highest BCUT2D eigenvalue weighted by Crippen LogP contribution is 2.33. The van der Waals surface area contributed by atoms with E-state index in [0.717, 1.165) is 29.5 Å². The predicted molar refractivity (Wildman–Crippen MR) is 104 cm³/mol. The second-order valence-electron chi connectivity index (χ2n) is 6.27. The van der Waals surface area contributed by atoms with Crippen LogP contribution >= 0.6 is 11.8 Å². The SMILES string of the molecule is CSc1nnc(CCCN=C(N)Nc2ccccc2)n1C1CCCC1. The largest absolute Gasteiger partial charge is 0.370 e. The maximum atomic E-state index is 5.94. The summed E-state index contributed by atoms with van der Waals surface area (Å²) in [6.45, 7) is 0.678. The molecule has 0 bridgehead atoms. The van der Waals surface area contributed by atoms with E-state index in [1.54, 1.807) is 11.8 Å². The molecule has 1 saturated carbocycles. The number of guanidine groups is 1. The van der Waals surface area contributed by atoms with Gasteiger partial charge in [-0.25, -0.2) is 0 Å². The van der Waals surface area contributed by atoms with E-state index in [1.165, 1.54) is 25.7 Å². The van der Waals surface area contributed by atoms with Gasteiger partial charge in [-0.05, 0) is 37.7 Å². The molecular formula is C18H26N6S. The molecule has 3 rings (SSSR count). The van der Waals surface area contributed by atoms with Crippen LogP contribution in [-0.2, 0) is 6.42 Å². The molecule has 0 aliphatic heterocycles. The Hall–Kier alpha value is -2.02. The first kappa shape index (κ1) is 17.8. The van der Waals surface area contributed by atoms with Crippen molar-refractivity contribution in [3.8, 4) is 0 Å². The lowest BCUT2D eigenvalue weighted by atomic mass is 10.2. The zero-order valence-corrected chi connectivity index (χ0v) is 15.5. The van der Waals surface area contributed by atoms with Crippen LogP contribution in [0.1, 0.15) is 44.0 Å². The van der Waals surface area contributed by atoms with E-state index in [4.69, 9.17) is 5.73 Å². The van der Waals surface area contributed by atoms with E-state index in [2.05, 4.69) is 31.3 Å². The molecule has 25 heavy (non-hydrogen) atoms. The summed E-state index contributed by atoms with van der Waals surface area (Å²) in [5.74, 6) is 1.54. The third-order valence-corrected chi connectivity index (χ3v) is 5.14. The van der Waals surface area contributed by atoms with E-state index >= 15 is 0 Å². The summed E-state index contributed by atoms with van der Waals surface area (Å²) >= 11 is 1.68. The molecule has 1 heterocycles. The summed E-state index contributed by atoms with van der Waals surface area (Å²) < 4.78 is 2.35. The van der Waals surface area contributed by atoms with Gasteiger partial charge in [-0.15, -0.1) is 10.2 Å². The van der Waals surface area contributed by atoms with Gasteiger partial charge < -0.3 is 15.6 Å². The third kappa shape index (κ3) is 4.75. The Morgan fingerprint density at radius 2 is 2.04 bits per heavy atom. The fraction of sp³-hybridized carbons (Fsp3) is 0.500. The summed E-state index contributed by atoms with van der Waals surface area (Å²) in [5.41, 5.74) is 6.90. The van der Waals surface area contributed by atoms with Gasteiger partial charge in [0.15, 0.2) is 11.1 Å². The molecule has 0 atom stereocenters. The fourth-order valence-electron chi connectivity index (χ4n) is 3.29. The van der Waals surface area contributed by atoms with Crippen molar-refractivity contribution in [2.45, 2.75) is 49.7 Å². The third-order valence-electron chi connectivity index (χ3n) is 4.49. The molecule has 0 saturated heterocycles. The number of aromatic nitrogens is 3.